The average molecular weight is 262 g/mol. The average Bonchev–Trinajstić information content (AvgIpc) is 3.11. The van der Waals surface area contributed by atoms with Crippen molar-refractivity contribution in [3.8, 4) is 11.4 Å². The molecule has 1 fully saturated rings. The summed E-state index contributed by atoms with van der Waals surface area (Å²) in [5, 5.41) is 13.7. The molecule has 19 heavy (non-hydrogen) atoms. The number of halogens is 1. The summed E-state index contributed by atoms with van der Waals surface area (Å²) >= 11 is 0. The van der Waals surface area contributed by atoms with Crippen LogP contribution in [0.4, 0.5) is 4.39 Å². The van der Waals surface area contributed by atoms with Crippen molar-refractivity contribution < 1.29 is 14.0 Å². The van der Waals surface area contributed by atoms with Gasteiger partial charge in [-0.15, -0.1) is 0 Å². The maximum absolute atomic E-state index is 13.0. The van der Waals surface area contributed by atoms with Gasteiger partial charge in [0.1, 0.15) is 5.82 Å². The highest BCUT2D eigenvalue weighted by Crippen LogP contribution is 2.34. The molecule has 4 nitrogen and oxygen atoms in total. The lowest BCUT2D eigenvalue weighted by molar-refractivity contribution is 0.140. The van der Waals surface area contributed by atoms with Gasteiger partial charge in [-0.3, -0.25) is 0 Å². The highest BCUT2D eigenvalue weighted by atomic mass is 19.1. The van der Waals surface area contributed by atoms with Crippen molar-refractivity contribution in [2.75, 3.05) is 0 Å². The monoisotopic (exact) mass is 262 g/mol. The Hall–Kier alpha value is -1.75. The Kier molecular flexibility index (Phi) is 3.06. The molecule has 0 aliphatic heterocycles. The number of nitrogens with zero attached hydrogens (tertiary/aromatic N) is 2. The SMILES string of the molecule is Cc1cc(F)ccc1-c1noc(CC(O)C2CC2)n1. The molecule has 5 heteroatoms. The summed E-state index contributed by atoms with van der Waals surface area (Å²) in [6, 6.07) is 4.44. The zero-order valence-corrected chi connectivity index (χ0v) is 10.6. The van der Waals surface area contributed by atoms with Crippen LogP contribution in [0.1, 0.15) is 24.3 Å². The van der Waals surface area contributed by atoms with E-state index in [9.17, 15) is 9.50 Å². The van der Waals surface area contributed by atoms with E-state index in [1.807, 2.05) is 0 Å². The summed E-state index contributed by atoms with van der Waals surface area (Å²) in [4.78, 5) is 4.26. The molecule has 1 aromatic carbocycles. The third-order valence-electron chi connectivity index (χ3n) is 3.45. The first-order valence-corrected chi connectivity index (χ1v) is 6.40. The van der Waals surface area contributed by atoms with E-state index in [0.717, 1.165) is 24.0 Å². The Bertz CT molecular complexity index is 593. The van der Waals surface area contributed by atoms with Crippen LogP contribution in [0.2, 0.25) is 0 Å². The quantitative estimate of drug-likeness (QED) is 0.919. The van der Waals surface area contributed by atoms with Crippen LogP contribution >= 0.6 is 0 Å². The Morgan fingerprint density at radius 2 is 2.26 bits per heavy atom. The van der Waals surface area contributed by atoms with Gasteiger partial charge in [0.05, 0.1) is 12.5 Å². The molecule has 1 aliphatic rings. The number of benzene rings is 1. The van der Waals surface area contributed by atoms with Crippen LogP contribution in [0.5, 0.6) is 0 Å². The second-order valence-corrected chi connectivity index (χ2v) is 5.08. The molecule has 1 unspecified atom stereocenters. The smallest absolute Gasteiger partial charge is 0.229 e. The van der Waals surface area contributed by atoms with Crippen LogP contribution in [0.3, 0.4) is 0 Å². The summed E-state index contributed by atoms with van der Waals surface area (Å²) in [6.07, 6.45) is 2.12. The molecule has 0 spiro atoms. The van der Waals surface area contributed by atoms with Crippen molar-refractivity contribution in [2.45, 2.75) is 32.3 Å². The molecular weight excluding hydrogens is 247 g/mol. The Morgan fingerprint density at radius 1 is 1.47 bits per heavy atom. The van der Waals surface area contributed by atoms with Gasteiger partial charge in [0, 0.05) is 5.56 Å². The lowest BCUT2D eigenvalue weighted by Crippen LogP contribution is -2.12. The highest BCUT2D eigenvalue weighted by molar-refractivity contribution is 5.59. The van der Waals surface area contributed by atoms with Gasteiger partial charge in [-0.25, -0.2) is 4.39 Å². The molecule has 0 radical (unpaired) electrons. The van der Waals surface area contributed by atoms with E-state index in [1.165, 1.54) is 12.1 Å². The topological polar surface area (TPSA) is 59.2 Å². The number of hydrogen-bond acceptors (Lipinski definition) is 4. The number of aryl methyl sites for hydroxylation is 1. The van der Waals surface area contributed by atoms with E-state index < -0.39 is 6.10 Å². The van der Waals surface area contributed by atoms with Crippen LogP contribution in [-0.2, 0) is 6.42 Å². The molecule has 1 heterocycles. The van der Waals surface area contributed by atoms with Gasteiger partial charge in [-0.1, -0.05) is 5.16 Å². The van der Waals surface area contributed by atoms with Gasteiger partial charge >= 0.3 is 0 Å². The zero-order valence-electron chi connectivity index (χ0n) is 10.6. The van der Waals surface area contributed by atoms with E-state index in [1.54, 1.807) is 13.0 Å². The van der Waals surface area contributed by atoms with Crippen LogP contribution in [0, 0.1) is 18.7 Å². The van der Waals surface area contributed by atoms with E-state index >= 15 is 0 Å². The Morgan fingerprint density at radius 3 is 2.95 bits per heavy atom. The molecule has 0 bridgehead atoms. The second kappa shape index (κ2) is 4.74. The summed E-state index contributed by atoms with van der Waals surface area (Å²) in [7, 11) is 0. The summed E-state index contributed by atoms with van der Waals surface area (Å²) < 4.78 is 18.2. The highest BCUT2D eigenvalue weighted by Gasteiger charge is 2.31. The molecule has 0 saturated heterocycles. The van der Waals surface area contributed by atoms with Crippen molar-refractivity contribution in [3.05, 3.63) is 35.5 Å². The minimum atomic E-state index is -0.400. The standard InChI is InChI=1S/C14H15FN2O2/c1-8-6-10(15)4-5-11(8)14-16-13(19-17-14)7-12(18)9-2-3-9/h4-6,9,12,18H,2-3,7H2,1H3. The van der Waals surface area contributed by atoms with Gasteiger partial charge in [0.25, 0.3) is 0 Å². The van der Waals surface area contributed by atoms with Crippen LogP contribution < -0.4 is 0 Å². The van der Waals surface area contributed by atoms with Gasteiger partial charge < -0.3 is 9.63 Å². The van der Waals surface area contributed by atoms with E-state index in [2.05, 4.69) is 10.1 Å². The number of aliphatic hydroxyl groups is 1. The Labute approximate surface area is 110 Å². The molecule has 2 aromatic rings. The maximum Gasteiger partial charge on any atom is 0.229 e. The molecule has 0 amide bonds. The molecule has 100 valence electrons. The van der Waals surface area contributed by atoms with E-state index in [4.69, 9.17) is 4.52 Å². The fourth-order valence-corrected chi connectivity index (χ4v) is 2.15. The van der Waals surface area contributed by atoms with Crippen molar-refractivity contribution in [1.29, 1.82) is 0 Å². The van der Waals surface area contributed by atoms with E-state index in [-0.39, 0.29) is 5.82 Å². The van der Waals surface area contributed by atoms with Crippen molar-refractivity contribution in [2.24, 2.45) is 5.92 Å². The molecule has 1 N–H and O–H groups in total. The third kappa shape index (κ3) is 2.66. The van der Waals surface area contributed by atoms with E-state index in [0.29, 0.717) is 24.1 Å². The maximum atomic E-state index is 13.0. The number of aromatic nitrogens is 2. The predicted octanol–water partition coefficient (Wildman–Crippen LogP) is 2.50. The van der Waals surface area contributed by atoms with Gasteiger partial charge in [-0.05, 0) is 49.4 Å². The normalized spacial score (nSPS) is 16.6. The van der Waals surface area contributed by atoms with Gasteiger partial charge in [0.2, 0.25) is 11.7 Å². The lowest BCUT2D eigenvalue weighted by Gasteiger charge is -2.03. The first kappa shape index (κ1) is 12.3. The van der Waals surface area contributed by atoms with Crippen molar-refractivity contribution >= 4 is 0 Å². The second-order valence-electron chi connectivity index (χ2n) is 5.08. The van der Waals surface area contributed by atoms with Crippen LogP contribution in [0.15, 0.2) is 22.7 Å². The first-order chi connectivity index (χ1) is 9.13. The lowest BCUT2D eigenvalue weighted by atomic mass is 10.1. The number of rotatable bonds is 4. The summed E-state index contributed by atoms with van der Waals surface area (Å²) in [5.74, 6) is 0.964. The fourth-order valence-electron chi connectivity index (χ4n) is 2.15. The Balaban J connectivity index is 1.79. The van der Waals surface area contributed by atoms with Crippen LogP contribution in [-0.4, -0.2) is 21.4 Å². The molecule has 3 rings (SSSR count). The van der Waals surface area contributed by atoms with Gasteiger partial charge in [-0.2, -0.15) is 4.98 Å². The predicted molar refractivity (Wildman–Crippen MR) is 66.9 cm³/mol. The minimum Gasteiger partial charge on any atom is -0.392 e. The third-order valence-corrected chi connectivity index (χ3v) is 3.45. The minimum absolute atomic E-state index is 0.283. The number of aliphatic hydroxyl groups excluding tert-OH is 1. The van der Waals surface area contributed by atoms with Crippen molar-refractivity contribution in [1.82, 2.24) is 10.1 Å². The van der Waals surface area contributed by atoms with Gasteiger partial charge in [0.15, 0.2) is 0 Å². The molecule has 1 aromatic heterocycles. The fraction of sp³-hybridized carbons (Fsp3) is 0.429. The zero-order chi connectivity index (χ0) is 13.4. The molecular formula is C14H15FN2O2. The summed E-state index contributed by atoms with van der Waals surface area (Å²) in [5.41, 5.74) is 1.51. The summed E-state index contributed by atoms with van der Waals surface area (Å²) in [6.45, 7) is 1.80. The number of hydrogen-bond donors (Lipinski definition) is 1. The molecule has 1 saturated carbocycles. The largest absolute Gasteiger partial charge is 0.392 e. The molecule has 1 atom stereocenters. The first-order valence-electron chi connectivity index (χ1n) is 6.40. The molecule has 1 aliphatic carbocycles. The van der Waals surface area contributed by atoms with Crippen molar-refractivity contribution in [3.63, 3.8) is 0 Å². The van der Waals surface area contributed by atoms with Crippen LogP contribution in [0.25, 0.3) is 11.4 Å².